The van der Waals surface area contributed by atoms with Crippen molar-refractivity contribution in [3.8, 4) is 0 Å². The summed E-state index contributed by atoms with van der Waals surface area (Å²) >= 11 is 2.38. The average molecular weight is 294 g/mol. The van der Waals surface area contributed by atoms with Crippen molar-refractivity contribution in [2.24, 2.45) is 0 Å². The number of alkyl halides is 1. The summed E-state index contributed by atoms with van der Waals surface area (Å²) in [7, 11) is 1.69. The molecule has 0 aliphatic rings. The van der Waals surface area contributed by atoms with Gasteiger partial charge in [0.1, 0.15) is 17.6 Å². The van der Waals surface area contributed by atoms with Crippen molar-refractivity contribution < 1.29 is 9.15 Å². The first kappa shape index (κ1) is 11.0. The predicted octanol–water partition coefficient (Wildman–Crippen LogP) is 3.35. The number of hydrogen-bond acceptors (Lipinski definition) is 2. The standard InChI is InChI=1S/C10H15IO2/c1-8(12-2)10-6-5-9(13-10)4-3-7-11/h5-6,8H,3-4,7H2,1-2H3. The van der Waals surface area contributed by atoms with Gasteiger partial charge in [0.15, 0.2) is 0 Å². The molecule has 2 nitrogen and oxygen atoms in total. The number of halogens is 1. The van der Waals surface area contributed by atoms with E-state index in [-0.39, 0.29) is 6.10 Å². The van der Waals surface area contributed by atoms with Crippen LogP contribution in [0.2, 0.25) is 0 Å². The highest BCUT2D eigenvalue weighted by molar-refractivity contribution is 14.1. The van der Waals surface area contributed by atoms with Gasteiger partial charge in [-0.15, -0.1) is 0 Å². The molecule has 0 amide bonds. The number of ether oxygens (including phenoxy) is 1. The molecule has 0 N–H and O–H groups in total. The average Bonchev–Trinajstić information content (AvgIpc) is 2.62. The first-order chi connectivity index (χ1) is 6.27. The molecule has 0 saturated heterocycles. The van der Waals surface area contributed by atoms with Crippen LogP contribution in [0.1, 0.15) is 31.0 Å². The Hall–Kier alpha value is -0.0300. The second-order valence-electron chi connectivity index (χ2n) is 2.97. The van der Waals surface area contributed by atoms with Crippen molar-refractivity contribution in [1.82, 2.24) is 0 Å². The summed E-state index contributed by atoms with van der Waals surface area (Å²) < 4.78 is 11.9. The highest BCUT2D eigenvalue weighted by atomic mass is 127. The third-order valence-electron chi connectivity index (χ3n) is 1.99. The Balaban J connectivity index is 2.53. The highest BCUT2D eigenvalue weighted by Crippen LogP contribution is 2.19. The summed E-state index contributed by atoms with van der Waals surface area (Å²) in [6, 6.07) is 4.04. The van der Waals surface area contributed by atoms with Crippen molar-refractivity contribution >= 4 is 22.6 Å². The summed E-state index contributed by atoms with van der Waals surface area (Å²) in [4.78, 5) is 0. The van der Waals surface area contributed by atoms with Crippen molar-refractivity contribution in [2.45, 2.75) is 25.9 Å². The number of rotatable bonds is 5. The van der Waals surface area contributed by atoms with Crippen LogP contribution in [0.3, 0.4) is 0 Å². The molecule has 0 saturated carbocycles. The van der Waals surface area contributed by atoms with Gasteiger partial charge in [-0.05, 0) is 29.9 Å². The Morgan fingerprint density at radius 3 is 2.92 bits per heavy atom. The first-order valence-electron chi connectivity index (χ1n) is 4.45. The summed E-state index contributed by atoms with van der Waals surface area (Å²) in [6.07, 6.45) is 2.27. The van der Waals surface area contributed by atoms with Crippen LogP contribution >= 0.6 is 22.6 Å². The molecular formula is C10H15IO2. The Bertz CT molecular complexity index is 245. The first-order valence-corrected chi connectivity index (χ1v) is 5.98. The van der Waals surface area contributed by atoms with Crippen LogP contribution in [-0.2, 0) is 11.2 Å². The quantitative estimate of drug-likeness (QED) is 0.614. The van der Waals surface area contributed by atoms with E-state index in [9.17, 15) is 0 Å². The zero-order valence-corrected chi connectivity index (χ0v) is 10.2. The molecule has 0 aliphatic heterocycles. The van der Waals surface area contributed by atoms with Gasteiger partial charge in [0.25, 0.3) is 0 Å². The van der Waals surface area contributed by atoms with Gasteiger partial charge in [-0.3, -0.25) is 0 Å². The molecule has 0 radical (unpaired) electrons. The molecule has 13 heavy (non-hydrogen) atoms. The SMILES string of the molecule is COC(C)c1ccc(CCCI)o1. The van der Waals surface area contributed by atoms with Crippen molar-refractivity contribution in [3.63, 3.8) is 0 Å². The largest absolute Gasteiger partial charge is 0.463 e. The van der Waals surface area contributed by atoms with Crippen LogP contribution < -0.4 is 0 Å². The number of hydrogen-bond donors (Lipinski definition) is 0. The molecule has 74 valence electrons. The smallest absolute Gasteiger partial charge is 0.132 e. The van der Waals surface area contributed by atoms with Gasteiger partial charge in [-0.1, -0.05) is 22.6 Å². The molecule has 0 fully saturated rings. The Labute approximate surface area is 92.8 Å². The van der Waals surface area contributed by atoms with Gasteiger partial charge in [0.05, 0.1) is 0 Å². The number of aryl methyl sites for hydroxylation is 1. The van der Waals surface area contributed by atoms with Crippen LogP contribution in [0, 0.1) is 0 Å². The molecule has 0 bridgehead atoms. The Morgan fingerprint density at radius 1 is 1.54 bits per heavy atom. The lowest BCUT2D eigenvalue weighted by atomic mass is 10.3. The van der Waals surface area contributed by atoms with Crippen LogP contribution in [0.15, 0.2) is 16.5 Å². The van der Waals surface area contributed by atoms with Gasteiger partial charge in [-0.25, -0.2) is 0 Å². The van der Waals surface area contributed by atoms with Gasteiger partial charge >= 0.3 is 0 Å². The molecular weight excluding hydrogens is 279 g/mol. The maximum Gasteiger partial charge on any atom is 0.132 e. The lowest BCUT2D eigenvalue weighted by Gasteiger charge is -2.04. The number of methoxy groups -OCH3 is 1. The van der Waals surface area contributed by atoms with Crippen molar-refractivity contribution in [1.29, 1.82) is 0 Å². The normalized spacial score (nSPS) is 13.2. The minimum absolute atomic E-state index is 0.0633. The lowest BCUT2D eigenvalue weighted by Crippen LogP contribution is -1.92. The van der Waals surface area contributed by atoms with E-state index in [4.69, 9.17) is 9.15 Å². The van der Waals surface area contributed by atoms with E-state index in [1.807, 2.05) is 19.1 Å². The second-order valence-corrected chi connectivity index (χ2v) is 4.05. The molecule has 1 aromatic heterocycles. The van der Waals surface area contributed by atoms with E-state index in [0.717, 1.165) is 17.9 Å². The summed E-state index contributed by atoms with van der Waals surface area (Å²) in [5, 5.41) is 0. The molecule has 1 rings (SSSR count). The maximum atomic E-state index is 5.61. The molecule has 1 aromatic rings. The zero-order valence-electron chi connectivity index (χ0n) is 8.05. The third kappa shape index (κ3) is 3.31. The second kappa shape index (κ2) is 5.65. The molecule has 1 heterocycles. The van der Waals surface area contributed by atoms with Gasteiger partial charge in [0.2, 0.25) is 0 Å². The van der Waals surface area contributed by atoms with E-state index in [2.05, 4.69) is 22.6 Å². The molecule has 1 unspecified atom stereocenters. The van der Waals surface area contributed by atoms with E-state index in [1.54, 1.807) is 7.11 Å². The topological polar surface area (TPSA) is 22.4 Å². The lowest BCUT2D eigenvalue weighted by molar-refractivity contribution is 0.0983. The summed E-state index contributed by atoms with van der Waals surface area (Å²) in [6.45, 7) is 1.99. The van der Waals surface area contributed by atoms with Crippen LogP contribution in [0.5, 0.6) is 0 Å². The van der Waals surface area contributed by atoms with Crippen molar-refractivity contribution in [2.75, 3.05) is 11.5 Å². The number of furan rings is 1. The van der Waals surface area contributed by atoms with E-state index in [0.29, 0.717) is 0 Å². The Morgan fingerprint density at radius 2 is 2.31 bits per heavy atom. The minimum Gasteiger partial charge on any atom is -0.463 e. The maximum absolute atomic E-state index is 5.61. The predicted molar refractivity (Wildman–Crippen MR) is 61.3 cm³/mol. The van der Waals surface area contributed by atoms with Gasteiger partial charge in [-0.2, -0.15) is 0 Å². The fourth-order valence-corrected chi connectivity index (χ4v) is 1.49. The zero-order chi connectivity index (χ0) is 9.68. The van der Waals surface area contributed by atoms with E-state index < -0.39 is 0 Å². The van der Waals surface area contributed by atoms with Gasteiger partial charge < -0.3 is 9.15 Å². The third-order valence-corrected chi connectivity index (χ3v) is 2.76. The molecule has 1 atom stereocenters. The Kier molecular flexibility index (Phi) is 4.80. The van der Waals surface area contributed by atoms with Gasteiger partial charge in [0, 0.05) is 13.5 Å². The summed E-state index contributed by atoms with van der Waals surface area (Å²) in [5.74, 6) is 1.99. The van der Waals surface area contributed by atoms with E-state index in [1.165, 1.54) is 10.8 Å². The van der Waals surface area contributed by atoms with Crippen LogP contribution in [0.4, 0.5) is 0 Å². The van der Waals surface area contributed by atoms with Crippen molar-refractivity contribution in [3.05, 3.63) is 23.7 Å². The molecule has 0 aliphatic carbocycles. The fourth-order valence-electron chi connectivity index (χ4n) is 1.10. The molecule has 0 aromatic carbocycles. The van der Waals surface area contributed by atoms with E-state index >= 15 is 0 Å². The van der Waals surface area contributed by atoms with Crippen LogP contribution in [-0.4, -0.2) is 11.5 Å². The fraction of sp³-hybridized carbons (Fsp3) is 0.600. The monoisotopic (exact) mass is 294 g/mol. The minimum atomic E-state index is 0.0633. The molecule has 3 heteroatoms. The van der Waals surface area contributed by atoms with Crippen LogP contribution in [0.25, 0.3) is 0 Å². The molecule has 0 spiro atoms. The summed E-state index contributed by atoms with van der Waals surface area (Å²) in [5.41, 5.74) is 0. The highest BCUT2D eigenvalue weighted by Gasteiger charge is 2.08.